The Labute approximate surface area is 204 Å². The smallest absolute Gasteiger partial charge is 0.368 e. The van der Waals surface area contributed by atoms with Gasteiger partial charge in [-0.15, -0.1) is 0 Å². The summed E-state index contributed by atoms with van der Waals surface area (Å²) in [4.78, 5) is 23.8. The number of fused-ring (bicyclic) bond motifs is 1. The summed E-state index contributed by atoms with van der Waals surface area (Å²) in [5.74, 6) is 0.335. The van der Waals surface area contributed by atoms with Crippen LogP contribution >= 0.6 is 11.6 Å². The maximum Gasteiger partial charge on any atom is 0.416 e. The third kappa shape index (κ3) is 5.57. The highest BCUT2D eigenvalue weighted by atomic mass is 35.5. The monoisotopic (exact) mass is 508 g/mol. The molecule has 1 aliphatic rings. The molecule has 0 radical (unpaired) electrons. The van der Waals surface area contributed by atoms with Gasteiger partial charge in [0, 0.05) is 49.8 Å². The average Bonchev–Trinajstić information content (AvgIpc) is 2.83. The molecule has 0 saturated carbocycles. The van der Waals surface area contributed by atoms with Gasteiger partial charge in [0.25, 0.3) is 5.69 Å². The van der Waals surface area contributed by atoms with Crippen molar-refractivity contribution in [1.29, 1.82) is 0 Å². The fourth-order valence-corrected chi connectivity index (χ4v) is 4.32. The molecule has 35 heavy (non-hydrogen) atoms. The van der Waals surface area contributed by atoms with Crippen LogP contribution in [0.2, 0.25) is 5.15 Å². The fourth-order valence-electron chi connectivity index (χ4n) is 4.13. The van der Waals surface area contributed by atoms with E-state index in [9.17, 15) is 23.3 Å². The second-order valence-corrected chi connectivity index (χ2v) is 8.80. The Kier molecular flexibility index (Phi) is 7.00. The third-order valence-electron chi connectivity index (χ3n) is 6.15. The number of alkyl halides is 3. The largest absolute Gasteiger partial charge is 0.416 e. The topological polar surface area (TPSA) is 87.4 Å². The standard InChI is InChI=1S/C23H24ClF3N6O2/c1-3-31-4-6-32(7-5-31)18-11-19-20(28-13-18)12-21(24)30-22(19)29-14(2)15-8-16(23(25,26)27)10-17(9-15)33(34)35/h8-14H,3-7H2,1-2H3,(H,29,30). The van der Waals surface area contributed by atoms with E-state index in [4.69, 9.17) is 11.6 Å². The summed E-state index contributed by atoms with van der Waals surface area (Å²) in [5.41, 5.74) is -0.147. The van der Waals surface area contributed by atoms with Gasteiger partial charge in [0.1, 0.15) is 11.0 Å². The summed E-state index contributed by atoms with van der Waals surface area (Å²) in [6.07, 6.45) is -2.95. The van der Waals surface area contributed by atoms with Crippen LogP contribution in [0.25, 0.3) is 10.9 Å². The minimum Gasteiger partial charge on any atom is -0.368 e. The van der Waals surface area contributed by atoms with Crippen LogP contribution in [-0.2, 0) is 6.18 Å². The van der Waals surface area contributed by atoms with Gasteiger partial charge in [0.05, 0.1) is 33.9 Å². The van der Waals surface area contributed by atoms with Crippen LogP contribution in [0.1, 0.15) is 31.0 Å². The van der Waals surface area contributed by atoms with Gasteiger partial charge in [-0.2, -0.15) is 13.2 Å². The molecule has 3 heterocycles. The zero-order valence-corrected chi connectivity index (χ0v) is 19.9. The number of anilines is 2. The van der Waals surface area contributed by atoms with E-state index in [0.29, 0.717) is 22.8 Å². The lowest BCUT2D eigenvalue weighted by Gasteiger charge is -2.35. The summed E-state index contributed by atoms with van der Waals surface area (Å²) in [6.45, 7) is 8.28. The summed E-state index contributed by atoms with van der Waals surface area (Å²) in [5, 5.41) is 15.1. The number of nitrogens with zero attached hydrogens (tertiary/aromatic N) is 5. The Balaban J connectivity index is 1.68. The number of piperazine rings is 1. The maximum absolute atomic E-state index is 13.3. The number of benzene rings is 1. The number of non-ortho nitro benzene ring substituents is 1. The molecule has 186 valence electrons. The minimum atomic E-state index is -4.72. The third-order valence-corrected chi connectivity index (χ3v) is 6.34. The van der Waals surface area contributed by atoms with E-state index in [1.807, 2.05) is 6.07 Å². The van der Waals surface area contributed by atoms with Crippen molar-refractivity contribution in [2.24, 2.45) is 0 Å². The van der Waals surface area contributed by atoms with Crippen LogP contribution in [0, 0.1) is 10.1 Å². The number of aromatic nitrogens is 2. The molecule has 2 aromatic heterocycles. The number of halogens is 4. The summed E-state index contributed by atoms with van der Waals surface area (Å²) < 4.78 is 40.0. The second-order valence-electron chi connectivity index (χ2n) is 8.41. The SMILES string of the molecule is CCN1CCN(c2cnc3cc(Cl)nc(NC(C)c4cc([N+](=O)[O-])cc(C(F)(F)F)c4)c3c2)CC1. The van der Waals surface area contributed by atoms with Crippen molar-refractivity contribution in [2.75, 3.05) is 42.9 Å². The van der Waals surface area contributed by atoms with Gasteiger partial charge < -0.3 is 15.1 Å². The molecule has 12 heteroatoms. The molecular formula is C23H24ClF3N6O2. The van der Waals surface area contributed by atoms with Crippen LogP contribution < -0.4 is 10.2 Å². The first-order valence-corrected chi connectivity index (χ1v) is 11.5. The maximum atomic E-state index is 13.3. The molecule has 0 bridgehead atoms. The number of rotatable bonds is 6. The molecule has 8 nitrogen and oxygen atoms in total. The highest BCUT2D eigenvalue weighted by Gasteiger charge is 2.33. The Hall–Kier alpha value is -3.18. The van der Waals surface area contributed by atoms with Crippen molar-refractivity contribution < 1.29 is 18.1 Å². The summed E-state index contributed by atoms with van der Waals surface area (Å²) in [6, 6.07) is 5.35. The lowest BCUT2D eigenvalue weighted by Crippen LogP contribution is -2.46. The molecule has 0 aliphatic carbocycles. The van der Waals surface area contributed by atoms with Gasteiger partial charge in [0.15, 0.2) is 0 Å². The molecule has 0 spiro atoms. The second kappa shape index (κ2) is 9.82. The van der Waals surface area contributed by atoms with Gasteiger partial charge in [-0.3, -0.25) is 15.1 Å². The fraction of sp³-hybridized carbons (Fsp3) is 0.391. The van der Waals surface area contributed by atoms with E-state index < -0.39 is 28.4 Å². The van der Waals surface area contributed by atoms with Crippen LogP contribution in [-0.4, -0.2) is 52.5 Å². The number of likely N-dealkylation sites (N-methyl/N-ethyl adjacent to an activating group) is 1. The summed E-state index contributed by atoms with van der Waals surface area (Å²) in [7, 11) is 0. The van der Waals surface area contributed by atoms with Crippen molar-refractivity contribution >= 4 is 39.7 Å². The predicted molar refractivity (Wildman–Crippen MR) is 129 cm³/mol. The number of nitro groups is 1. The molecule has 1 aromatic carbocycles. The van der Waals surface area contributed by atoms with Crippen molar-refractivity contribution in [3.63, 3.8) is 0 Å². The van der Waals surface area contributed by atoms with Gasteiger partial charge in [-0.1, -0.05) is 18.5 Å². The van der Waals surface area contributed by atoms with Crippen molar-refractivity contribution in [1.82, 2.24) is 14.9 Å². The van der Waals surface area contributed by atoms with Gasteiger partial charge in [0.2, 0.25) is 0 Å². The highest BCUT2D eigenvalue weighted by Crippen LogP contribution is 2.36. The highest BCUT2D eigenvalue weighted by molar-refractivity contribution is 6.30. The number of hydrogen-bond donors (Lipinski definition) is 1. The van der Waals surface area contributed by atoms with E-state index in [1.165, 1.54) is 0 Å². The Morgan fingerprint density at radius 3 is 2.51 bits per heavy atom. The van der Waals surface area contributed by atoms with Crippen LogP contribution in [0.5, 0.6) is 0 Å². The van der Waals surface area contributed by atoms with Crippen LogP contribution in [0.4, 0.5) is 30.4 Å². The van der Waals surface area contributed by atoms with E-state index in [1.54, 1.807) is 19.2 Å². The molecule has 1 N–H and O–H groups in total. The zero-order chi connectivity index (χ0) is 25.3. The minimum absolute atomic E-state index is 0.0984. The normalized spacial score (nSPS) is 15.9. The summed E-state index contributed by atoms with van der Waals surface area (Å²) >= 11 is 6.18. The molecule has 1 unspecified atom stereocenters. The first-order valence-electron chi connectivity index (χ1n) is 11.1. The Morgan fingerprint density at radius 1 is 1.17 bits per heavy atom. The average molecular weight is 509 g/mol. The molecule has 1 atom stereocenters. The van der Waals surface area contributed by atoms with E-state index in [2.05, 4.69) is 32.0 Å². The molecule has 1 saturated heterocycles. The zero-order valence-electron chi connectivity index (χ0n) is 19.1. The number of pyridine rings is 2. The van der Waals surface area contributed by atoms with Gasteiger partial charge in [-0.25, -0.2) is 4.98 Å². The lowest BCUT2D eigenvalue weighted by molar-refractivity contribution is -0.385. The van der Waals surface area contributed by atoms with Crippen molar-refractivity contribution in [2.45, 2.75) is 26.1 Å². The molecule has 1 fully saturated rings. The Bertz CT molecular complexity index is 1250. The molecule has 1 aliphatic heterocycles. The Morgan fingerprint density at radius 2 is 1.89 bits per heavy atom. The number of nitrogens with one attached hydrogen (secondary N) is 1. The van der Waals surface area contributed by atoms with Crippen molar-refractivity contribution in [3.05, 3.63) is 62.9 Å². The quantitative estimate of drug-likeness (QED) is 0.266. The first-order chi connectivity index (χ1) is 16.5. The van der Waals surface area contributed by atoms with E-state index in [-0.39, 0.29) is 10.7 Å². The van der Waals surface area contributed by atoms with Gasteiger partial charge >= 0.3 is 6.18 Å². The first kappa shape index (κ1) is 24.9. The molecular weight excluding hydrogens is 485 g/mol. The molecule has 0 amide bonds. The molecule has 3 aromatic rings. The van der Waals surface area contributed by atoms with E-state index in [0.717, 1.165) is 50.5 Å². The lowest BCUT2D eigenvalue weighted by atomic mass is 10.0. The number of hydrogen-bond acceptors (Lipinski definition) is 7. The van der Waals surface area contributed by atoms with E-state index >= 15 is 0 Å². The van der Waals surface area contributed by atoms with Crippen LogP contribution in [0.15, 0.2) is 36.5 Å². The molecule has 4 rings (SSSR count). The van der Waals surface area contributed by atoms with Crippen molar-refractivity contribution in [3.8, 4) is 0 Å². The predicted octanol–water partition coefficient (Wildman–Crippen LogP) is 5.53. The van der Waals surface area contributed by atoms with Gasteiger partial charge in [-0.05, 0) is 31.2 Å². The van der Waals surface area contributed by atoms with Crippen LogP contribution in [0.3, 0.4) is 0 Å². The number of nitro benzene ring substituents is 1.